The van der Waals surface area contributed by atoms with Crippen LogP contribution in [0.1, 0.15) is 16.1 Å². The Morgan fingerprint density at radius 1 is 0.957 bits per heavy atom. The molecule has 3 aromatic rings. The summed E-state index contributed by atoms with van der Waals surface area (Å²) in [5.74, 6) is 0.905. The maximum atomic E-state index is 5.76. The molecule has 0 amide bonds. The predicted octanol–water partition coefficient (Wildman–Crippen LogP) is 4.43. The van der Waals surface area contributed by atoms with Gasteiger partial charge in [-0.2, -0.15) is 0 Å². The molecular weight excluding hydrogens is 328 g/mol. The number of hydrogen-bond donors (Lipinski definition) is 1. The third-order valence-corrected chi connectivity index (χ3v) is 4.10. The molecule has 3 nitrogen and oxygen atoms in total. The lowest BCUT2D eigenvalue weighted by atomic mass is 10.2. The third kappa shape index (κ3) is 5.67. The second-order valence-corrected chi connectivity index (χ2v) is 5.97. The minimum Gasteiger partial charge on any atom is -0.488 e. The van der Waals surface area contributed by atoms with Gasteiger partial charge in [0.05, 0.1) is 5.69 Å². The smallest absolute Gasteiger partial charge is 0.122 e. The monoisotopic (exact) mass is 346 g/mol. The van der Waals surface area contributed by atoms with Gasteiger partial charge in [0.25, 0.3) is 0 Å². The molecule has 0 radical (unpaired) electrons. The molecule has 120 valence electrons. The van der Waals surface area contributed by atoms with Crippen LogP contribution in [0.25, 0.3) is 0 Å². The quantitative estimate of drug-likeness (QED) is 0.687. The zero-order valence-electron chi connectivity index (χ0n) is 12.6. The number of rotatable bonds is 7. The highest BCUT2D eigenvalue weighted by molar-refractivity contribution is 7.09. The van der Waals surface area contributed by atoms with E-state index in [0.29, 0.717) is 6.61 Å². The third-order valence-electron chi connectivity index (χ3n) is 3.25. The first-order chi connectivity index (χ1) is 10.9. The first kappa shape index (κ1) is 17.5. The number of pyridine rings is 1. The van der Waals surface area contributed by atoms with E-state index in [9.17, 15) is 0 Å². The van der Waals surface area contributed by atoms with E-state index in [2.05, 4.69) is 33.9 Å². The molecule has 0 saturated heterocycles. The highest BCUT2D eigenvalue weighted by Crippen LogP contribution is 2.16. The molecule has 2 aromatic heterocycles. The molecule has 0 bridgehead atoms. The van der Waals surface area contributed by atoms with Gasteiger partial charge in [0.2, 0.25) is 0 Å². The van der Waals surface area contributed by atoms with Crippen LogP contribution in [-0.4, -0.2) is 4.98 Å². The molecule has 23 heavy (non-hydrogen) atoms. The summed E-state index contributed by atoms with van der Waals surface area (Å²) >= 11 is 1.71. The summed E-state index contributed by atoms with van der Waals surface area (Å²) in [6.07, 6.45) is 1.82. The van der Waals surface area contributed by atoms with Gasteiger partial charge in [-0.3, -0.25) is 4.98 Å². The van der Waals surface area contributed by atoms with Crippen molar-refractivity contribution in [2.75, 3.05) is 0 Å². The van der Waals surface area contributed by atoms with Gasteiger partial charge in [-0.25, -0.2) is 0 Å². The molecule has 0 aliphatic rings. The Balaban J connectivity index is 0.00000192. The zero-order valence-corrected chi connectivity index (χ0v) is 14.3. The van der Waals surface area contributed by atoms with Gasteiger partial charge in [0, 0.05) is 24.2 Å². The summed E-state index contributed by atoms with van der Waals surface area (Å²) in [5.41, 5.74) is 2.29. The van der Waals surface area contributed by atoms with Crippen LogP contribution in [0.2, 0.25) is 0 Å². The van der Waals surface area contributed by atoms with E-state index in [-0.39, 0.29) is 12.4 Å². The van der Waals surface area contributed by atoms with Crippen LogP contribution in [-0.2, 0) is 19.7 Å². The van der Waals surface area contributed by atoms with Crippen molar-refractivity contribution in [2.45, 2.75) is 19.7 Å². The lowest BCUT2D eigenvalue weighted by molar-refractivity contribution is 0.309. The molecule has 5 heteroatoms. The maximum Gasteiger partial charge on any atom is 0.122 e. The summed E-state index contributed by atoms with van der Waals surface area (Å²) in [6, 6.07) is 18.3. The van der Waals surface area contributed by atoms with Gasteiger partial charge < -0.3 is 10.1 Å². The molecule has 2 heterocycles. The maximum absolute atomic E-state index is 5.76. The average Bonchev–Trinajstić information content (AvgIpc) is 3.09. The van der Waals surface area contributed by atoms with Crippen molar-refractivity contribution < 1.29 is 4.74 Å². The Kier molecular flexibility index (Phi) is 7.07. The fourth-order valence-corrected chi connectivity index (χ4v) is 2.71. The first-order valence-electron chi connectivity index (χ1n) is 7.25. The van der Waals surface area contributed by atoms with Crippen molar-refractivity contribution in [2.24, 2.45) is 0 Å². The molecule has 0 atom stereocenters. The number of thiophene rings is 1. The standard InChI is InChI=1S/C18H18N2OS.ClH/c1-2-10-20-16(4-1)13-19-12-15-6-8-17(9-7-15)21-14-18-5-3-11-22-18;/h1-11,19H,12-14H2;1H. The van der Waals surface area contributed by atoms with E-state index in [1.54, 1.807) is 11.3 Å². The zero-order chi connectivity index (χ0) is 15.0. The van der Waals surface area contributed by atoms with E-state index in [1.807, 2.05) is 42.6 Å². The normalized spacial score (nSPS) is 10.1. The second kappa shape index (κ2) is 9.30. The van der Waals surface area contributed by atoms with Crippen molar-refractivity contribution in [3.05, 3.63) is 82.3 Å². The average molecular weight is 347 g/mol. The van der Waals surface area contributed by atoms with E-state index < -0.39 is 0 Å². The molecule has 3 rings (SSSR count). The van der Waals surface area contributed by atoms with Crippen molar-refractivity contribution in [1.82, 2.24) is 10.3 Å². The van der Waals surface area contributed by atoms with Gasteiger partial charge in [-0.1, -0.05) is 24.3 Å². The Morgan fingerprint density at radius 3 is 2.52 bits per heavy atom. The van der Waals surface area contributed by atoms with Gasteiger partial charge in [0.1, 0.15) is 12.4 Å². The first-order valence-corrected chi connectivity index (χ1v) is 8.13. The molecule has 1 aromatic carbocycles. The summed E-state index contributed by atoms with van der Waals surface area (Å²) < 4.78 is 5.76. The molecular formula is C18H19ClN2OS. The van der Waals surface area contributed by atoms with Crippen molar-refractivity contribution >= 4 is 23.7 Å². The SMILES string of the molecule is Cl.c1ccc(CNCc2ccc(OCc3cccs3)cc2)nc1. The number of benzene rings is 1. The van der Waals surface area contributed by atoms with Crippen molar-refractivity contribution in [1.29, 1.82) is 0 Å². The fourth-order valence-electron chi connectivity index (χ4n) is 2.09. The summed E-state index contributed by atoms with van der Waals surface area (Å²) in [4.78, 5) is 5.53. The predicted molar refractivity (Wildman–Crippen MR) is 97.1 cm³/mol. The minimum atomic E-state index is 0. The molecule has 0 fully saturated rings. The summed E-state index contributed by atoms with van der Waals surface area (Å²) in [5, 5.41) is 5.45. The molecule has 0 aliphatic carbocycles. The van der Waals surface area contributed by atoms with Crippen molar-refractivity contribution in [3.8, 4) is 5.75 Å². The molecule has 0 aliphatic heterocycles. The van der Waals surface area contributed by atoms with Gasteiger partial charge >= 0.3 is 0 Å². The number of halogens is 1. The van der Waals surface area contributed by atoms with E-state index in [1.165, 1.54) is 10.4 Å². The summed E-state index contributed by atoms with van der Waals surface area (Å²) in [7, 11) is 0. The minimum absolute atomic E-state index is 0. The number of aromatic nitrogens is 1. The Morgan fingerprint density at radius 2 is 1.83 bits per heavy atom. The molecule has 0 saturated carbocycles. The molecule has 0 spiro atoms. The van der Waals surface area contributed by atoms with Gasteiger partial charge in [0.15, 0.2) is 0 Å². The van der Waals surface area contributed by atoms with E-state index in [0.717, 1.165) is 24.5 Å². The lowest BCUT2D eigenvalue weighted by Crippen LogP contribution is -2.13. The van der Waals surface area contributed by atoms with Crippen molar-refractivity contribution in [3.63, 3.8) is 0 Å². The molecule has 1 N–H and O–H groups in total. The van der Waals surface area contributed by atoms with E-state index >= 15 is 0 Å². The van der Waals surface area contributed by atoms with Crippen LogP contribution >= 0.6 is 23.7 Å². The van der Waals surface area contributed by atoms with Gasteiger partial charge in [-0.15, -0.1) is 23.7 Å². The lowest BCUT2D eigenvalue weighted by Gasteiger charge is -2.07. The van der Waals surface area contributed by atoms with Crippen LogP contribution in [0.15, 0.2) is 66.2 Å². The Labute approximate surface area is 146 Å². The van der Waals surface area contributed by atoms with Crippen LogP contribution in [0.4, 0.5) is 0 Å². The van der Waals surface area contributed by atoms with Crippen LogP contribution in [0.5, 0.6) is 5.75 Å². The number of hydrogen-bond acceptors (Lipinski definition) is 4. The highest BCUT2D eigenvalue weighted by Gasteiger charge is 1.98. The molecule has 0 unspecified atom stereocenters. The fraction of sp³-hybridized carbons (Fsp3) is 0.167. The second-order valence-electron chi connectivity index (χ2n) is 4.94. The Hall–Kier alpha value is -1.88. The van der Waals surface area contributed by atoms with Crippen LogP contribution in [0.3, 0.4) is 0 Å². The van der Waals surface area contributed by atoms with E-state index in [4.69, 9.17) is 4.74 Å². The topological polar surface area (TPSA) is 34.1 Å². The largest absolute Gasteiger partial charge is 0.488 e. The van der Waals surface area contributed by atoms with Crippen LogP contribution < -0.4 is 10.1 Å². The number of nitrogens with one attached hydrogen (secondary N) is 1. The van der Waals surface area contributed by atoms with Gasteiger partial charge in [-0.05, 0) is 41.3 Å². The number of nitrogens with zero attached hydrogens (tertiary/aromatic N) is 1. The van der Waals surface area contributed by atoms with Crippen LogP contribution in [0, 0.1) is 0 Å². The highest BCUT2D eigenvalue weighted by atomic mass is 35.5. The Bertz CT molecular complexity index is 672. The number of ether oxygens (including phenoxy) is 1. The summed E-state index contributed by atoms with van der Waals surface area (Å²) in [6.45, 7) is 2.23.